The van der Waals surface area contributed by atoms with Gasteiger partial charge in [-0.1, -0.05) is 12.1 Å². The number of benzene rings is 1. The number of anilines is 1. The third-order valence-electron chi connectivity index (χ3n) is 3.35. The molecule has 0 radical (unpaired) electrons. The molecule has 1 N–H and O–H groups in total. The van der Waals surface area contributed by atoms with E-state index in [2.05, 4.69) is 28.5 Å². The van der Waals surface area contributed by atoms with Crippen LogP contribution in [0, 0.1) is 0 Å². The monoisotopic (exact) mass is 228 g/mol. The van der Waals surface area contributed by atoms with Gasteiger partial charge in [0.2, 0.25) is 0 Å². The molecule has 0 spiro atoms. The Labute approximate surface area is 101 Å². The first-order chi connectivity index (χ1) is 8.36. The Morgan fingerprint density at radius 2 is 2.00 bits per heavy atom. The highest BCUT2D eigenvalue weighted by Gasteiger charge is 2.12. The first-order valence-electron chi connectivity index (χ1n) is 6.12. The molecule has 17 heavy (non-hydrogen) atoms. The van der Waals surface area contributed by atoms with Crippen LogP contribution in [0.1, 0.15) is 24.0 Å². The second-order valence-electron chi connectivity index (χ2n) is 4.47. The number of nitrogens with one attached hydrogen (secondary N) is 1. The molecule has 0 saturated carbocycles. The second kappa shape index (κ2) is 4.24. The van der Waals surface area contributed by atoms with Crippen molar-refractivity contribution in [3.63, 3.8) is 0 Å². The minimum Gasteiger partial charge on any atom is -0.424 e. The van der Waals surface area contributed by atoms with Gasteiger partial charge in [0, 0.05) is 12.6 Å². The summed E-state index contributed by atoms with van der Waals surface area (Å²) in [7, 11) is 1.81. The van der Waals surface area contributed by atoms with Crippen LogP contribution in [0.25, 0.3) is 11.3 Å². The van der Waals surface area contributed by atoms with Gasteiger partial charge in [0.1, 0.15) is 0 Å². The molecule has 1 aliphatic carbocycles. The zero-order chi connectivity index (χ0) is 11.7. The highest BCUT2D eigenvalue weighted by atomic mass is 16.4. The summed E-state index contributed by atoms with van der Waals surface area (Å²) in [6.45, 7) is 0. The van der Waals surface area contributed by atoms with Crippen LogP contribution in [0.15, 0.2) is 28.8 Å². The molecule has 1 aromatic carbocycles. The van der Waals surface area contributed by atoms with Gasteiger partial charge in [-0.3, -0.25) is 0 Å². The van der Waals surface area contributed by atoms with Gasteiger partial charge >= 0.3 is 0 Å². The Balaban J connectivity index is 1.97. The van der Waals surface area contributed by atoms with E-state index >= 15 is 0 Å². The fourth-order valence-electron chi connectivity index (χ4n) is 2.41. The minimum atomic E-state index is 0.567. The van der Waals surface area contributed by atoms with E-state index in [9.17, 15) is 0 Å². The molecule has 3 nitrogen and oxygen atoms in total. The van der Waals surface area contributed by atoms with Crippen LogP contribution >= 0.6 is 0 Å². The molecule has 1 aliphatic rings. The van der Waals surface area contributed by atoms with Crippen LogP contribution in [-0.2, 0) is 12.8 Å². The van der Waals surface area contributed by atoms with Gasteiger partial charge in [-0.05, 0) is 42.9 Å². The molecule has 3 rings (SSSR count). The predicted octanol–water partition coefficient (Wildman–Crippen LogP) is 3.26. The summed E-state index contributed by atoms with van der Waals surface area (Å²) >= 11 is 0. The van der Waals surface area contributed by atoms with Gasteiger partial charge in [0.05, 0.1) is 6.20 Å². The lowest BCUT2D eigenvalue weighted by atomic mass is 9.90. The number of aryl methyl sites for hydroxylation is 2. The van der Waals surface area contributed by atoms with Crippen molar-refractivity contribution in [2.75, 3.05) is 12.4 Å². The Morgan fingerprint density at radius 3 is 2.76 bits per heavy atom. The Hall–Kier alpha value is -1.77. The normalized spacial score (nSPS) is 14.4. The topological polar surface area (TPSA) is 38.1 Å². The number of rotatable bonds is 2. The van der Waals surface area contributed by atoms with E-state index in [1.807, 2.05) is 7.05 Å². The fourth-order valence-corrected chi connectivity index (χ4v) is 2.41. The van der Waals surface area contributed by atoms with E-state index in [1.165, 1.54) is 36.8 Å². The lowest BCUT2D eigenvalue weighted by molar-refractivity contribution is 0.589. The summed E-state index contributed by atoms with van der Waals surface area (Å²) in [5, 5.41) is 2.90. The quantitative estimate of drug-likeness (QED) is 0.857. The van der Waals surface area contributed by atoms with Crippen molar-refractivity contribution in [2.24, 2.45) is 0 Å². The largest absolute Gasteiger partial charge is 0.424 e. The van der Waals surface area contributed by atoms with Crippen LogP contribution in [0.3, 0.4) is 0 Å². The van der Waals surface area contributed by atoms with Gasteiger partial charge in [-0.15, -0.1) is 0 Å². The van der Waals surface area contributed by atoms with Crippen LogP contribution < -0.4 is 5.32 Å². The average Bonchev–Trinajstić information content (AvgIpc) is 2.87. The molecule has 1 aromatic heterocycles. The van der Waals surface area contributed by atoms with E-state index in [0.717, 1.165) is 11.3 Å². The van der Waals surface area contributed by atoms with E-state index in [1.54, 1.807) is 6.20 Å². The highest BCUT2D eigenvalue weighted by Crippen LogP contribution is 2.28. The summed E-state index contributed by atoms with van der Waals surface area (Å²) in [6.07, 6.45) is 6.80. The molecule has 0 saturated heterocycles. The average molecular weight is 228 g/mol. The first-order valence-corrected chi connectivity index (χ1v) is 6.12. The summed E-state index contributed by atoms with van der Waals surface area (Å²) in [5.74, 6) is 0.836. The molecular formula is C14H16N2O. The molecule has 2 aromatic rings. The van der Waals surface area contributed by atoms with Crippen molar-refractivity contribution in [2.45, 2.75) is 25.7 Å². The van der Waals surface area contributed by atoms with E-state index < -0.39 is 0 Å². The summed E-state index contributed by atoms with van der Waals surface area (Å²) in [6, 6.07) is 7.17. The number of nitrogens with zero attached hydrogens (tertiary/aromatic N) is 1. The van der Waals surface area contributed by atoms with Crippen molar-refractivity contribution in [3.8, 4) is 11.3 Å². The lowest BCUT2D eigenvalue weighted by Gasteiger charge is -2.15. The molecule has 0 fully saturated rings. The molecule has 0 atom stereocenters. The van der Waals surface area contributed by atoms with Crippen molar-refractivity contribution in [1.82, 2.24) is 4.98 Å². The predicted molar refractivity (Wildman–Crippen MR) is 68.1 cm³/mol. The second-order valence-corrected chi connectivity index (χ2v) is 4.47. The standard InChI is InChI=1S/C14H16N2O/c1-15-14-16-9-13(17-14)12-7-6-10-4-2-3-5-11(10)8-12/h6-9H,2-5H2,1H3,(H,15,16). The van der Waals surface area contributed by atoms with E-state index in [-0.39, 0.29) is 0 Å². The zero-order valence-corrected chi connectivity index (χ0v) is 9.99. The van der Waals surface area contributed by atoms with Crippen LogP contribution in [-0.4, -0.2) is 12.0 Å². The Kier molecular flexibility index (Phi) is 2.59. The Morgan fingerprint density at radius 1 is 1.18 bits per heavy atom. The maximum atomic E-state index is 5.59. The van der Waals surface area contributed by atoms with E-state index in [0.29, 0.717) is 6.01 Å². The molecule has 1 heterocycles. The number of hydrogen-bond donors (Lipinski definition) is 1. The van der Waals surface area contributed by atoms with Gasteiger partial charge in [-0.25, -0.2) is 4.98 Å². The summed E-state index contributed by atoms with van der Waals surface area (Å²) < 4.78 is 5.59. The molecular weight excluding hydrogens is 212 g/mol. The molecule has 3 heteroatoms. The molecule has 0 amide bonds. The summed E-state index contributed by atoms with van der Waals surface area (Å²) in [4.78, 5) is 4.15. The number of hydrogen-bond acceptors (Lipinski definition) is 3. The van der Waals surface area contributed by atoms with Gasteiger partial charge < -0.3 is 9.73 Å². The maximum Gasteiger partial charge on any atom is 0.294 e. The zero-order valence-electron chi connectivity index (χ0n) is 9.99. The lowest BCUT2D eigenvalue weighted by Crippen LogP contribution is -2.02. The van der Waals surface area contributed by atoms with Crippen molar-refractivity contribution < 1.29 is 4.42 Å². The molecule has 0 aliphatic heterocycles. The smallest absolute Gasteiger partial charge is 0.294 e. The fraction of sp³-hybridized carbons (Fsp3) is 0.357. The SMILES string of the molecule is CNc1ncc(-c2ccc3c(c2)CCCC3)o1. The first kappa shape index (κ1) is 10.4. The van der Waals surface area contributed by atoms with Crippen LogP contribution in [0.4, 0.5) is 6.01 Å². The minimum absolute atomic E-state index is 0.567. The molecule has 0 bridgehead atoms. The molecule has 0 unspecified atom stereocenters. The highest BCUT2D eigenvalue weighted by molar-refractivity contribution is 5.60. The van der Waals surface area contributed by atoms with Gasteiger partial charge in [0.25, 0.3) is 6.01 Å². The van der Waals surface area contributed by atoms with Crippen LogP contribution in [0.5, 0.6) is 0 Å². The van der Waals surface area contributed by atoms with Gasteiger partial charge in [0.15, 0.2) is 5.76 Å². The van der Waals surface area contributed by atoms with Crippen molar-refractivity contribution in [3.05, 3.63) is 35.5 Å². The number of aromatic nitrogens is 1. The third-order valence-corrected chi connectivity index (χ3v) is 3.35. The molecule has 88 valence electrons. The van der Waals surface area contributed by atoms with Gasteiger partial charge in [-0.2, -0.15) is 0 Å². The number of fused-ring (bicyclic) bond motifs is 1. The van der Waals surface area contributed by atoms with Crippen molar-refractivity contribution in [1.29, 1.82) is 0 Å². The summed E-state index contributed by atoms with van der Waals surface area (Å²) in [5.41, 5.74) is 4.09. The third kappa shape index (κ3) is 1.93. The number of oxazole rings is 1. The maximum absolute atomic E-state index is 5.59. The van der Waals surface area contributed by atoms with Crippen molar-refractivity contribution >= 4 is 6.01 Å². The van der Waals surface area contributed by atoms with E-state index in [4.69, 9.17) is 4.42 Å². The van der Waals surface area contributed by atoms with Crippen LogP contribution in [0.2, 0.25) is 0 Å². The Bertz CT molecular complexity index is 531.